The summed E-state index contributed by atoms with van der Waals surface area (Å²) in [5.74, 6) is -0.464. The second-order valence-electron chi connectivity index (χ2n) is 4.22. The molecular formula is C12H12N2O2S2. The Morgan fingerprint density at radius 1 is 1.39 bits per heavy atom. The van der Waals surface area contributed by atoms with Gasteiger partial charge in [0, 0.05) is 19.0 Å². The third kappa shape index (κ3) is 1.95. The number of thiocarbonyl (C=S) groups is 1. The van der Waals surface area contributed by atoms with Crippen LogP contribution in [0.5, 0.6) is 0 Å². The molecule has 2 heterocycles. The Balaban J connectivity index is 2.55. The van der Waals surface area contributed by atoms with Gasteiger partial charge in [0.1, 0.15) is 5.54 Å². The Kier molecular flexibility index (Phi) is 3.49. The fraction of sp³-hybridized carbons (Fsp3) is 0.333. The summed E-state index contributed by atoms with van der Waals surface area (Å²) < 4.78 is 0.254. The minimum Gasteiger partial charge on any atom is -0.274 e. The van der Waals surface area contributed by atoms with E-state index in [4.69, 9.17) is 12.2 Å². The summed E-state index contributed by atoms with van der Waals surface area (Å²) in [7, 11) is 0. The standard InChI is InChI=1S/C12H12N2O2S2/c1-12(11(17)18,8-4-2-3-7-13-8)14-9(15)5-6-10(14)16/h2-4,7H,5-6H2,1H3,(H,17,18). The van der Waals surface area contributed by atoms with Gasteiger partial charge in [0.25, 0.3) is 0 Å². The lowest BCUT2D eigenvalue weighted by Gasteiger charge is -2.35. The van der Waals surface area contributed by atoms with Crippen molar-refractivity contribution in [1.29, 1.82) is 0 Å². The van der Waals surface area contributed by atoms with Crippen molar-refractivity contribution in [3.05, 3.63) is 30.1 Å². The van der Waals surface area contributed by atoms with E-state index in [9.17, 15) is 9.59 Å². The molecule has 0 radical (unpaired) electrons. The third-order valence-electron chi connectivity index (χ3n) is 3.08. The summed E-state index contributed by atoms with van der Waals surface area (Å²) in [6, 6.07) is 5.29. The zero-order valence-corrected chi connectivity index (χ0v) is 11.5. The summed E-state index contributed by atoms with van der Waals surface area (Å²) >= 11 is 9.32. The average molecular weight is 280 g/mol. The van der Waals surface area contributed by atoms with Crippen LogP contribution in [0, 0.1) is 0 Å². The molecule has 94 valence electrons. The zero-order valence-electron chi connectivity index (χ0n) is 9.79. The molecule has 0 N–H and O–H groups in total. The lowest BCUT2D eigenvalue weighted by Crippen LogP contribution is -2.50. The van der Waals surface area contributed by atoms with Crippen molar-refractivity contribution >= 4 is 40.9 Å². The van der Waals surface area contributed by atoms with Crippen molar-refractivity contribution < 1.29 is 9.59 Å². The highest BCUT2D eigenvalue weighted by molar-refractivity contribution is 8.11. The fourth-order valence-corrected chi connectivity index (χ4v) is 2.46. The Labute approximate surface area is 116 Å². The first-order chi connectivity index (χ1) is 8.48. The van der Waals surface area contributed by atoms with E-state index in [1.54, 1.807) is 31.3 Å². The first kappa shape index (κ1) is 13.2. The van der Waals surface area contributed by atoms with E-state index < -0.39 is 5.54 Å². The maximum atomic E-state index is 11.9. The molecule has 1 aromatic rings. The number of carbonyl (C=O) groups is 2. The first-order valence-electron chi connectivity index (χ1n) is 5.48. The van der Waals surface area contributed by atoms with Crippen LogP contribution in [-0.2, 0) is 15.1 Å². The normalized spacial score (nSPS) is 18.9. The predicted octanol–water partition coefficient (Wildman–Crippen LogP) is 1.70. The number of carbonyl (C=O) groups excluding carboxylic acids is 2. The molecule has 0 aliphatic carbocycles. The summed E-state index contributed by atoms with van der Waals surface area (Å²) in [5.41, 5.74) is -0.515. The molecule has 18 heavy (non-hydrogen) atoms. The molecule has 0 spiro atoms. The van der Waals surface area contributed by atoms with Gasteiger partial charge in [-0.1, -0.05) is 18.3 Å². The quantitative estimate of drug-likeness (QED) is 0.520. The van der Waals surface area contributed by atoms with Gasteiger partial charge in [0.05, 0.1) is 9.89 Å². The maximum absolute atomic E-state index is 11.9. The van der Waals surface area contributed by atoms with E-state index in [0.717, 1.165) is 0 Å². The Morgan fingerprint density at radius 3 is 2.44 bits per heavy atom. The Hall–Kier alpha value is -1.27. The molecule has 6 heteroatoms. The van der Waals surface area contributed by atoms with Crippen molar-refractivity contribution in [3.8, 4) is 0 Å². The highest BCUT2D eigenvalue weighted by atomic mass is 32.1. The van der Waals surface area contributed by atoms with Crippen molar-refractivity contribution in [2.24, 2.45) is 0 Å². The molecule has 1 atom stereocenters. The number of pyridine rings is 1. The lowest BCUT2D eigenvalue weighted by atomic mass is 9.97. The predicted molar refractivity (Wildman–Crippen MR) is 74.3 cm³/mol. The monoisotopic (exact) mass is 280 g/mol. The van der Waals surface area contributed by atoms with Crippen LogP contribution >= 0.6 is 24.8 Å². The molecule has 1 saturated heterocycles. The Morgan fingerprint density at radius 2 is 2.00 bits per heavy atom. The molecule has 2 amide bonds. The minimum atomic E-state index is -1.07. The lowest BCUT2D eigenvalue weighted by molar-refractivity contribution is -0.142. The van der Waals surface area contributed by atoms with Crippen LogP contribution in [0.3, 0.4) is 0 Å². The molecule has 1 unspecified atom stereocenters. The summed E-state index contributed by atoms with van der Waals surface area (Å²) in [6.45, 7) is 1.70. The van der Waals surface area contributed by atoms with Gasteiger partial charge in [-0.3, -0.25) is 19.5 Å². The molecule has 4 nitrogen and oxygen atoms in total. The van der Waals surface area contributed by atoms with Crippen molar-refractivity contribution in [2.75, 3.05) is 0 Å². The number of likely N-dealkylation sites (tertiary alicyclic amines) is 1. The van der Waals surface area contributed by atoms with Gasteiger partial charge >= 0.3 is 0 Å². The van der Waals surface area contributed by atoms with Crippen molar-refractivity contribution in [3.63, 3.8) is 0 Å². The summed E-state index contributed by atoms with van der Waals surface area (Å²) in [4.78, 5) is 29.2. The van der Waals surface area contributed by atoms with E-state index in [1.807, 2.05) is 0 Å². The highest BCUT2D eigenvalue weighted by Crippen LogP contribution is 2.34. The highest BCUT2D eigenvalue weighted by Gasteiger charge is 2.47. The molecular weight excluding hydrogens is 268 g/mol. The molecule has 2 rings (SSSR count). The first-order valence-corrected chi connectivity index (χ1v) is 6.34. The number of rotatable bonds is 3. The van der Waals surface area contributed by atoms with Gasteiger partial charge in [-0.15, -0.1) is 12.6 Å². The Bertz CT molecular complexity index is 502. The molecule has 1 aromatic heterocycles. The van der Waals surface area contributed by atoms with E-state index >= 15 is 0 Å². The van der Waals surface area contributed by atoms with E-state index in [-0.39, 0.29) is 28.9 Å². The van der Waals surface area contributed by atoms with Crippen LogP contribution in [0.2, 0.25) is 0 Å². The van der Waals surface area contributed by atoms with Gasteiger partial charge in [-0.25, -0.2) is 0 Å². The van der Waals surface area contributed by atoms with Crippen molar-refractivity contribution in [2.45, 2.75) is 25.3 Å². The van der Waals surface area contributed by atoms with Gasteiger partial charge in [-0.2, -0.15) is 0 Å². The molecule has 1 fully saturated rings. The second-order valence-corrected chi connectivity index (χ2v) is 5.37. The number of hydrogen-bond donors (Lipinski definition) is 1. The minimum absolute atomic E-state index is 0.220. The van der Waals surface area contributed by atoms with Gasteiger partial charge in [-0.05, 0) is 19.1 Å². The largest absolute Gasteiger partial charge is 0.274 e. The smallest absolute Gasteiger partial charge is 0.230 e. The van der Waals surface area contributed by atoms with E-state index in [0.29, 0.717) is 5.69 Å². The SMILES string of the molecule is CC(C(=S)S)(c1ccccn1)N1C(=O)CCC1=O. The van der Waals surface area contributed by atoms with Crippen LogP contribution < -0.4 is 0 Å². The maximum Gasteiger partial charge on any atom is 0.230 e. The van der Waals surface area contributed by atoms with Crippen molar-refractivity contribution in [1.82, 2.24) is 9.88 Å². The number of thiol groups is 1. The van der Waals surface area contributed by atoms with E-state index in [1.165, 1.54) is 4.90 Å². The van der Waals surface area contributed by atoms with E-state index in [2.05, 4.69) is 17.6 Å². The van der Waals surface area contributed by atoms with Crippen LogP contribution in [0.15, 0.2) is 24.4 Å². The molecule has 0 saturated carbocycles. The molecule has 0 bridgehead atoms. The second kappa shape index (κ2) is 4.78. The van der Waals surface area contributed by atoms with Gasteiger partial charge < -0.3 is 0 Å². The number of aromatic nitrogens is 1. The number of amides is 2. The van der Waals surface area contributed by atoms with Crippen LogP contribution in [0.1, 0.15) is 25.5 Å². The van der Waals surface area contributed by atoms with Gasteiger partial charge in [0.15, 0.2) is 0 Å². The topological polar surface area (TPSA) is 50.3 Å². The van der Waals surface area contributed by atoms with Crippen LogP contribution in [0.25, 0.3) is 0 Å². The van der Waals surface area contributed by atoms with Crippen LogP contribution in [-0.4, -0.2) is 25.9 Å². The molecule has 1 aliphatic rings. The molecule has 1 aliphatic heterocycles. The number of imide groups is 1. The number of hydrogen-bond acceptors (Lipinski definition) is 4. The molecule has 0 aromatic carbocycles. The fourth-order valence-electron chi connectivity index (χ4n) is 2.05. The number of nitrogens with zero attached hydrogens (tertiary/aromatic N) is 2. The zero-order chi connectivity index (χ0) is 13.3. The van der Waals surface area contributed by atoms with Gasteiger partial charge in [0.2, 0.25) is 11.8 Å². The summed E-state index contributed by atoms with van der Waals surface area (Å²) in [5, 5.41) is 0. The average Bonchev–Trinajstić information content (AvgIpc) is 2.69. The summed E-state index contributed by atoms with van der Waals surface area (Å²) in [6.07, 6.45) is 2.04. The third-order valence-corrected chi connectivity index (χ3v) is 3.91. The van der Waals surface area contributed by atoms with Crippen LogP contribution in [0.4, 0.5) is 0 Å².